The topological polar surface area (TPSA) is 76.1 Å². The fourth-order valence-corrected chi connectivity index (χ4v) is 2.59. The molecule has 1 aromatic heterocycles. The highest BCUT2D eigenvalue weighted by Crippen LogP contribution is 2.17. The Kier molecular flexibility index (Phi) is 6.22. The number of nitrogens with one attached hydrogen (secondary N) is 2. The Labute approximate surface area is 162 Å². The molecule has 0 radical (unpaired) electrons. The molecule has 2 aromatic carbocycles. The van der Waals surface area contributed by atoms with Crippen LogP contribution < -0.4 is 10.6 Å². The van der Waals surface area contributed by atoms with Crippen LogP contribution in [0.4, 0.5) is 17.3 Å². The summed E-state index contributed by atoms with van der Waals surface area (Å²) in [7, 11) is 1.36. The Bertz CT molecular complexity index is 899. The Hall–Kier alpha value is -3.12. The number of ether oxygens (including phenoxy) is 1. The van der Waals surface area contributed by atoms with Crippen molar-refractivity contribution in [2.75, 3.05) is 24.3 Å². The summed E-state index contributed by atoms with van der Waals surface area (Å²) in [6.07, 6.45) is 2.36. The molecule has 0 aliphatic rings. The molecule has 138 valence electrons. The average Bonchev–Trinajstić information content (AvgIpc) is 2.70. The monoisotopic (exact) mass is 382 g/mol. The van der Waals surface area contributed by atoms with Crippen LogP contribution in [0.5, 0.6) is 0 Å². The zero-order valence-electron chi connectivity index (χ0n) is 14.8. The third-order valence-electron chi connectivity index (χ3n) is 3.88. The average molecular weight is 383 g/mol. The Balaban J connectivity index is 1.56. The van der Waals surface area contributed by atoms with Crippen LogP contribution in [0, 0.1) is 0 Å². The predicted molar refractivity (Wildman–Crippen MR) is 107 cm³/mol. The molecule has 3 aromatic rings. The van der Waals surface area contributed by atoms with Gasteiger partial charge in [0.2, 0.25) is 0 Å². The molecule has 3 rings (SSSR count). The highest BCUT2D eigenvalue weighted by molar-refractivity contribution is 6.30. The van der Waals surface area contributed by atoms with Crippen LogP contribution in [0.15, 0.2) is 60.9 Å². The van der Waals surface area contributed by atoms with Gasteiger partial charge in [-0.1, -0.05) is 23.7 Å². The Morgan fingerprint density at radius 1 is 1.04 bits per heavy atom. The van der Waals surface area contributed by atoms with Crippen molar-refractivity contribution in [3.63, 3.8) is 0 Å². The van der Waals surface area contributed by atoms with Crippen molar-refractivity contribution >= 4 is 34.9 Å². The number of halogens is 1. The van der Waals surface area contributed by atoms with E-state index in [-0.39, 0.29) is 5.97 Å². The van der Waals surface area contributed by atoms with Gasteiger partial charge in [0, 0.05) is 23.3 Å². The maximum absolute atomic E-state index is 11.5. The molecule has 7 heteroatoms. The lowest BCUT2D eigenvalue weighted by Crippen LogP contribution is -2.07. The lowest BCUT2D eigenvalue weighted by molar-refractivity contribution is 0.0601. The molecule has 0 atom stereocenters. The number of benzene rings is 2. The van der Waals surface area contributed by atoms with Gasteiger partial charge in [0.25, 0.3) is 0 Å². The highest BCUT2D eigenvalue weighted by atomic mass is 35.5. The first-order chi connectivity index (χ1) is 13.1. The molecule has 0 aliphatic heterocycles. The molecule has 0 aliphatic carbocycles. The third kappa shape index (κ3) is 5.43. The fourth-order valence-electron chi connectivity index (χ4n) is 2.46. The van der Waals surface area contributed by atoms with Crippen LogP contribution in [-0.4, -0.2) is 29.6 Å². The molecule has 0 amide bonds. The molecule has 0 spiro atoms. The number of carbonyl (C=O) groups is 1. The normalized spacial score (nSPS) is 10.3. The van der Waals surface area contributed by atoms with Crippen LogP contribution >= 0.6 is 11.6 Å². The summed E-state index contributed by atoms with van der Waals surface area (Å²) in [5, 5.41) is 7.20. The van der Waals surface area contributed by atoms with E-state index in [4.69, 9.17) is 16.3 Å². The lowest BCUT2D eigenvalue weighted by Gasteiger charge is -2.09. The van der Waals surface area contributed by atoms with E-state index in [1.165, 1.54) is 19.0 Å². The van der Waals surface area contributed by atoms with E-state index in [1.54, 1.807) is 24.3 Å². The molecular weight excluding hydrogens is 364 g/mol. The summed E-state index contributed by atoms with van der Waals surface area (Å²) in [6.45, 7) is 0.742. The van der Waals surface area contributed by atoms with Crippen molar-refractivity contribution in [2.24, 2.45) is 0 Å². The summed E-state index contributed by atoms with van der Waals surface area (Å²) < 4.78 is 4.69. The number of hydrogen-bond donors (Lipinski definition) is 2. The zero-order valence-corrected chi connectivity index (χ0v) is 15.5. The zero-order chi connectivity index (χ0) is 19.1. The van der Waals surface area contributed by atoms with Gasteiger partial charge in [-0.3, -0.25) is 0 Å². The first-order valence-corrected chi connectivity index (χ1v) is 8.77. The van der Waals surface area contributed by atoms with Gasteiger partial charge in [-0.15, -0.1) is 0 Å². The molecule has 0 saturated carbocycles. The van der Waals surface area contributed by atoms with Crippen molar-refractivity contribution in [1.29, 1.82) is 0 Å². The van der Waals surface area contributed by atoms with Crippen LogP contribution in [-0.2, 0) is 11.2 Å². The minimum atomic E-state index is -0.365. The van der Waals surface area contributed by atoms with Gasteiger partial charge in [-0.25, -0.2) is 14.8 Å². The smallest absolute Gasteiger partial charge is 0.337 e. The van der Waals surface area contributed by atoms with E-state index < -0.39 is 0 Å². The summed E-state index contributed by atoms with van der Waals surface area (Å²) in [6, 6.07) is 16.6. The number of carbonyl (C=O) groups excluding carboxylic acids is 1. The van der Waals surface area contributed by atoms with E-state index in [9.17, 15) is 4.79 Å². The molecule has 6 nitrogen and oxygen atoms in total. The van der Waals surface area contributed by atoms with Gasteiger partial charge >= 0.3 is 5.97 Å². The van der Waals surface area contributed by atoms with Crippen LogP contribution in [0.2, 0.25) is 5.02 Å². The first-order valence-electron chi connectivity index (χ1n) is 8.40. The van der Waals surface area contributed by atoms with Crippen molar-refractivity contribution in [3.8, 4) is 0 Å². The largest absolute Gasteiger partial charge is 0.465 e. The summed E-state index contributed by atoms with van der Waals surface area (Å²) in [5.41, 5.74) is 2.51. The number of methoxy groups -OCH3 is 1. The van der Waals surface area contributed by atoms with E-state index >= 15 is 0 Å². The van der Waals surface area contributed by atoms with Crippen LogP contribution in [0.25, 0.3) is 0 Å². The summed E-state index contributed by atoms with van der Waals surface area (Å²) in [4.78, 5) is 19.9. The van der Waals surface area contributed by atoms with Gasteiger partial charge in [0.1, 0.15) is 18.0 Å². The van der Waals surface area contributed by atoms with E-state index in [0.29, 0.717) is 11.4 Å². The molecule has 2 N–H and O–H groups in total. The highest BCUT2D eigenvalue weighted by Gasteiger charge is 2.05. The number of rotatable bonds is 7. The minimum Gasteiger partial charge on any atom is -0.465 e. The van der Waals surface area contributed by atoms with Crippen molar-refractivity contribution in [3.05, 3.63) is 77.1 Å². The molecule has 0 bridgehead atoms. The van der Waals surface area contributed by atoms with Crippen molar-refractivity contribution in [2.45, 2.75) is 6.42 Å². The van der Waals surface area contributed by atoms with E-state index in [0.717, 1.165) is 29.5 Å². The van der Waals surface area contributed by atoms with E-state index in [1.807, 2.05) is 30.3 Å². The quantitative estimate of drug-likeness (QED) is 0.593. The van der Waals surface area contributed by atoms with Crippen molar-refractivity contribution < 1.29 is 9.53 Å². The summed E-state index contributed by atoms with van der Waals surface area (Å²) >= 11 is 5.89. The molecular formula is C20H19ClN4O2. The van der Waals surface area contributed by atoms with Gasteiger partial charge in [-0.05, 0) is 48.4 Å². The molecule has 0 saturated heterocycles. The fraction of sp³-hybridized carbons (Fsp3) is 0.150. The van der Waals surface area contributed by atoms with Crippen molar-refractivity contribution in [1.82, 2.24) is 9.97 Å². The Morgan fingerprint density at radius 2 is 1.74 bits per heavy atom. The minimum absolute atomic E-state index is 0.365. The maximum atomic E-state index is 11.5. The van der Waals surface area contributed by atoms with Gasteiger partial charge in [0.05, 0.1) is 12.7 Å². The number of hydrogen-bond acceptors (Lipinski definition) is 6. The Morgan fingerprint density at radius 3 is 2.44 bits per heavy atom. The second kappa shape index (κ2) is 9.00. The second-order valence-electron chi connectivity index (χ2n) is 5.79. The molecule has 1 heterocycles. The van der Waals surface area contributed by atoms with Gasteiger partial charge in [-0.2, -0.15) is 0 Å². The number of anilines is 3. The second-order valence-corrected chi connectivity index (χ2v) is 6.22. The standard InChI is InChI=1S/C20H19ClN4O2/c1-27-20(26)15-4-8-17(9-5-15)25-19-12-18(23-13-24-19)22-11-10-14-2-6-16(21)7-3-14/h2-9,12-13H,10-11H2,1H3,(H2,22,23,24,25). The third-order valence-corrected chi connectivity index (χ3v) is 4.13. The van der Waals surface area contributed by atoms with E-state index in [2.05, 4.69) is 20.6 Å². The van der Waals surface area contributed by atoms with Crippen LogP contribution in [0.3, 0.4) is 0 Å². The lowest BCUT2D eigenvalue weighted by atomic mass is 10.1. The first kappa shape index (κ1) is 18.7. The van der Waals surface area contributed by atoms with Crippen LogP contribution in [0.1, 0.15) is 15.9 Å². The SMILES string of the molecule is COC(=O)c1ccc(Nc2cc(NCCc3ccc(Cl)cc3)ncn2)cc1. The maximum Gasteiger partial charge on any atom is 0.337 e. The number of aromatic nitrogens is 2. The number of esters is 1. The van der Waals surface area contributed by atoms with Gasteiger partial charge < -0.3 is 15.4 Å². The number of nitrogens with zero attached hydrogens (tertiary/aromatic N) is 2. The summed E-state index contributed by atoms with van der Waals surface area (Å²) in [5.74, 6) is 1.02. The van der Waals surface area contributed by atoms with Gasteiger partial charge in [0.15, 0.2) is 0 Å². The predicted octanol–water partition coefficient (Wildman–Crippen LogP) is 4.31. The molecule has 0 unspecified atom stereocenters. The molecule has 27 heavy (non-hydrogen) atoms. The molecule has 0 fully saturated rings.